The normalized spacial score (nSPS) is 13.4. The molecule has 0 saturated heterocycles. The summed E-state index contributed by atoms with van der Waals surface area (Å²) in [6.45, 7) is 11.2. The van der Waals surface area contributed by atoms with Gasteiger partial charge in [-0.3, -0.25) is 9.59 Å². The monoisotopic (exact) mass is 1140 g/mol. The van der Waals surface area contributed by atoms with Crippen LogP contribution >= 0.6 is 0 Å². The fraction of sp³-hybridized carbons (Fsp3) is 0.367. The molecule has 22 heteroatoms. The molecule has 0 heterocycles. The maximum absolute atomic E-state index is 13.5. The molecule has 0 atom stereocenters. The predicted octanol–water partition coefficient (Wildman–Crippen LogP) is 8.16. The van der Waals surface area contributed by atoms with E-state index in [-0.39, 0.29) is 135 Å². The number of benzene rings is 4. The van der Waals surface area contributed by atoms with Gasteiger partial charge in [-0.05, 0) is 150 Å². The lowest BCUT2D eigenvalue weighted by Crippen LogP contribution is -2.30. The lowest BCUT2D eigenvalue weighted by Gasteiger charge is -2.26. The van der Waals surface area contributed by atoms with Crippen LogP contribution in [0.5, 0.6) is 23.0 Å². The minimum absolute atomic E-state index is 0.0295. The molecule has 1 aliphatic carbocycles. The summed E-state index contributed by atoms with van der Waals surface area (Å²) in [6.07, 6.45) is 4.79. The molecule has 1 aliphatic rings. The zero-order chi connectivity index (χ0) is 59.2. The van der Waals surface area contributed by atoms with Gasteiger partial charge >= 0.3 is 59.7 Å². The number of unbranched alkanes of at least 4 members (excludes halogenated alkanes) is 2. The van der Waals surface area contributed by atoms with Crippen LogP contribution in [0.1, 0.15) is 127 Å². The molecule has 5 rings (SSSR count). The molecule has 82 heavy (non-hydrogen) atoms. The number of ether oxygens (including phenoxy) is 12. The van der Waals surface area contributed by atoms with Crippen LogP contribution in [0.2, 0.25) is 0 Å². The number of rotatable bonds is 32. The Morgan fingerprint density at radius 2 is 0.707 bits per heavy atom. The second-order valence-corrected chi connectivity index (χ2v) is 17.7. The maximum atomic E-state index is 13.5. The molecular weight excluding hydrogens is 1070 g/mol. The molecule has 0 aromatic heterocycles. The first-order chi connectivity index (χ1) is 39.6. The van der Waals surface area contributed by atoms with Crippen LogP contribution in [-0.2, 0) is 57.1 Å². The fourth-order valence-corrected chi connectivity index (χ4v) is 7.61. The lowest BCUT2D eigenvalue weighted by molar-refractivity contribution is -0.145. The van der Waals surface area contributed by atoms with Gasteiger partial charge in [0.15, 0.2) is 0 Å². The van der Waals surface area contributed by atoms with Gasteiger partial charge in [0.05, 0.1) is 73.7 Å². The van der Waals surface area contributed by atoms with Crippen molar-refractivity contribution < 1.29 is 105 Å². The van der Waals surface area contributed by atoms with Crippen LogP contribution in [0.25, 0.3) is 0 Å². The summed E-state index contributed by atoms with van der Waals surface area (Å²) in [6, 6.07) is 18.4. The van der Waals surface area contributed by atoms with Crippen LogP contribution in [0.4, 0.5) is 0 Å². The SMILES string of the molecule is C=CC(=O)OCCCCOC(=O)c1ccc(C(=O)Oc2ccc(OC(=O)C3CCC(C(=O)Oc4ccc(OC(=O)c5ccc(C(=O)OCCCCOC(=O)C=C)cc5)c(C(=O)OCCOCC)c4)CC3)cc2C(=O)OCCOCC)cc1. The standard InChI is InChI=1S/C60H64O22/c1-5-51(61)73-29-9-11-31-75-53(63)39-13-17-43(18-14-39)57(67)81-49-27-25-45(37-47(49)59(69)77-35-33-71-7-3)79-55(65)41-21-23-42(24-22-41)56(66)80-46-26-28-50(48(38-46)60(70)78-36-34-72-8-4)82-58(68)44-19-15-40(16-20-44)54(64)76-32-12-10-30-74-52(62)6-2/h5-6,13-20,25-28,37-38,41-42H,1-2,7-12,21-24,29-36H2,3-4H3. The fourth-order valence-electron chi connectivity index (χ4n) is 7.61. The number of esters is 10. The summed E-state index contributed by atoms with van der Waals surface area (Å²) in [7, 11) is 0. The van der Waals surface area contributed by atoms with Gasteiger partial charge in [0.2, 0.25) is 0 Å². The van der Waals surface area contributed by atoms with E-state index in [0.717, 1.165) is 12.2 Å². The molecule has 4 aromatic rings. The highest BCUT2D eigenvalue weighted by atomic mass is 16.6. The van der Waals surface area contributed by atoms with Crippen molar-refractivity contribution in [2.75, 3.05) is 66.1 Å². The Bertz CT molecular complexity index is 2690. The van der Waals surface area contributed by atoms with Crippen molar-refractivity contribution in [3.8, 4) is 23.0 Å². The first-order valence-electron chi connectivity index (χ1n) is 26.4. The molecular formula is C60H64O22. The van der Waals surface area contributed by atoms with Crippen molar-refractivity contribution in [2.24, 2.45) is 11.8 Å². The van der Waals surface area contributed by atoms with Crippen LogP contribution in [0, 0.1) is 11.8 Å². The van der Waals surface area contributed by atoms with E-state index in [0.29, 0.717) is 38.9 Å². The van der Waals surface area contributed by atoms with Crippen molar-refractivity contribution >= 4 is 59.7 Å². The third kappa shape index (κ3) is 20.9. The van der Waals surface area contributed by atoms with Crippen molar-refractivity contribution in [1.82, 2.24) is 0 Å². The van der Waals surface area contributed by atoms with Gasteiger partial charge < -0.3 is 56.8 Å². The number of carbonyl (C=O) groups excluding carboxylic acids is 10. The van der Waals surface area contributed by atoms with Gasteiger partial charge in [0.1, 0.15) is 47.3 Å². The van der Waals surface area contributed by atoms with Crippen molar-refractivity contribution in [2.45, 2.75) is 65.2 Å². The van der Waals surface area contributed by atoms with Crippen molar-refractivity contribution in [1.29, 1.82) is 0 Å². The minimum Gasteiger partial charge on any atom is -0.463 e. The highest BCUT2D eigenvalue weighted by molar-refractivity contribution is 5.99. The van der Waals surface area contributed by atoms with E-state index in [1.165, 1.54) is 84.9 Å². The molecule has 0 N–H and O–H groups in total. The quantitative estimate of drug-likeness (QED) is 0.0146. The summed E-state index contributed by atoms with van der Waals surface area (Å²) in [5.74, 6) is -9.12. The zero-order valence-electron chi connectivity index (χ0n) is 45.5. The van der Waals surface area contributed by atoms with Crippen LogP contribution in [0.3, 0.4) is 0 Å². The Labute approximate surface area is 472 Å². The molecule has 0 amide bonds. The van der Waals surface area contributed by atoms with Gasteiger partial charge in [-0.1, -0.05) is 13.2 Å². The summed E-state index contributed by atoms with van der Waals surface area (Å²) < 4.78 is 64.1. The van der Waals surface area contributed by atoms with Gasteiger partial charge in [0, 0.05) is 25.4 Å². The van der Waals surface area contributed by atoms with Crippen LogP contribution in [-0.4, -0.2) is 126 Å². The van der Waals surface area contributed by atoms with Gasteiger partial charge in [0.25, 0.3) is 0 Å². The van der Waals surface area contributed by atoms with Crippen LogP contribution in [0.15, 0.2) is 110 Å². The van der Waals surface area contributed by atoms with E-state index in [1.807, 2.05) is 0 Å². The summed E-state index contributed by atoms with van der Waals surface area (Å²) in [5.41, 5.74) is -0.105. The molecule has 0 radical (unpaired) electrons. The molecule has 4 aromatic carbocycles. The van der Waals surface area contributed by atoms with E-state index in [9.17, 15) is 47.9 Å². The number of hydrogen-bond donors (Lipinski definition) is 0. The van der Waals surface area contributed by atoms with Crippen molar-refractivity contribution in [3.63, 3.8) is 0 Å². The summed E-state index contributed by atoms with van der Waals surface area (Å²) in [4.78, 5) is 128. The molecule has 1 fully saturated rings. The third-order valence-corrected chi connectivity index (χ3v) is 12.0. The maximum Gasteiger partial charge on any atom is 0.343 e. The van der Waals surface area contributed by atoms with Gasteiger partial charge in [-0.2, -0.15) is 0 Å². The Morgan fingerprint density at radius 1 is 0.390 bits per heavy atom. The molecule has 1 saturated carbocycles. The number of hydrogen-bond acceptors (Lipinski definition) is 22. The molecule has 436 valence electrons. The predicted molar refractivity (Wildman–Crippen MR) is 287 cm³/mol. The van der Waals surface area contributed by atoms with Gasteiger partial charge in [-0.15, -0.1) is 0 Å². The van der Waals surface area contributed by atoms with Gasteiger partial charge in [-0.25, -0.2) is 38.4 Å². The average molecular weight is 1140 g/mol. The largest absolute Gasteiger partial charge is 0.463 e. The zero-order valence-corrected chi connectivity index (χ0v) is 45.5. The van der Waals surface area contributed by atoms with E-state index in [1.54, 1.807) is 13.8 Å². The molecule has 0 aliphatic heterocycles. The molecule has 0 bridgehead atoms. The van der Waals surface area contributed by atoms with E-state index in [2.05, 4.69) is 13.2 Å². The second kappa shape index (κ2) is 34.2. The molecule has 0 spiro atoms. The summed E-state index contributed by atoms with van der Waals surface area (Å²) >= 11 is 0. The summed E-state index contributed by atoms with van der Waals surface area (Å²) in [5, 5.41) is 0. The topological polar surface area (TPSA) is 281 Å². The minimum atomic E-state index is -0.905. The number of carbonyl (C=O) groups is 10. The highest BCUT2D eigenvalue weighted by Crippen LogP contribution is 2.34. The lowest BCUT2D eigenvalue weighted by atomic mass is 9.82. The Morgan fingerprint density at radius 3 is 1.04 bits per heavy atom. The third-order valence-electron chi connectivity index (χ3n) is 12.0. The Kier molecular flexibility index (Phi) is 26.6. The smallest absolute Gasteiger partial charge is 0.343 e. The highest BCUT2D eigenvalue weighted by Gasteiger charge is 2.33. The van der Waals surface area contributed by atoms with Crippen molar-refractivity contribution in [3.05, 3.63) is 144 Å². The van der Waals surface area contributed by atoms with Crippen LogP contribution < -0.4 is 18.9 Å². The first-order valence-corrected chi connectivity index (χ1v) is 26.4. The second-order valence-electron chi connectivity index (χ2n) is 17.7. The van der Waals surface area contributed by atoms with E-state index in [4.69, 9.17) is 56.8 Å². The molecule has 22 nitrogen and oxygen atoms in total. The van der Waals surface area contributed by atoms with E-state index < -0.39 is 71.5 Å². The average Bonchev–Trinajstić information content (AvgIpc) is 3.58. The molecule has 0 unspecified atom stereocenters. The first kappa shape index (κ1) is 63.8. The van der Waals surface area contributed by atoms with E-state index >= 15 is 0 Å². The Hall–Kier alpha value is -9.02. The Balaban J connectivity index is 1.17.